The summed E-state index contributed by atoms with van der Waals surface area (Å²) in [4.78, 5) is 33.1. The number of rotatable bonds is 6. The van der Waals surface area contributed by atoms with E-state index < -0.39 is 23.8 Å². The lowest BCUT2D eigenvalue weighted by molar-refractivity contribution is -0.145. The minimum atomic E-state index is -4.70. The number of fused-ring (bicyclic) bond motifs is 1. The third-order valence-corrected chi connectivity index (χ3v) is 8.81. The van der Waals surface area contributed by atoms with Crippen LogP contribution in [0.5, 0.6) is 5.88 Å². The second kappa shape index (κ2) is 8.17. The molecule has 0 radical (unpaired) electrons. The molecule has 36 heavy (non-hydrogen) atoms. The minimum absolute atomic E-state index is 0.0170. The molecule has 1 spiro atoms. The molecular weight excluding hydrogens is 563 g/mol. The molecule has 3 aliphatic rings. The van der Waals surface area contributed by atoms with E-state index in [2.05, 4.69) is 31.2 Å². The Morgan fingerprint density at radius 1 is 1.19 bits per heavy atom. The Bertz CT molecular complexity index is 1390. The van der Waals surface area contributed by atoms with Gasteiger partial charge in [0, 0.05) is 22.6 Å². The lowest BCUT2D eigenvalue weighted by Crippen LogP contribution is -2.58. The predicted octanol–water partition coefficient (Wildman–Crippen LogP) is 4.67. The zero-order valence-corrected chi connectivity index (χ0v) is 21.2. The quantitative estimate of drug-likeness (QED) is 0.438. The van der Waals surface area contributed by atoms with Gasteiger partial charge in [-0.2, -0.15) is 13.2 Å². The fraction of sp³-hybridized carbons (Fsp3) is 0.478. The number of hydrogen-bond acceptors (Lipinski definition) is 6. The first kappa shape index (κ1) is 23.7. The highest BCUT2D eigenvalue weighted by atomic mass is 79.9. The van der Waals surface area contributed by atoms with Crippen LogP contribution in [0.15, 0.2) is 22.8 Å². The van der Waals surface area contributed by atoms with Crippen molar-refractivity contribution in [3.8, 4) is 5.88 Å². The standard InChI is InChI=1S/C23H21BrF3N5O3S/c24-11-3-4-14-15(30-21(23(25,26)27)32(14)9-11)18(34)29-12-5-22(6-12)7-13(8-22)35-19-16(17(28)33)36-20(31-19)10-1-2-10/h3-4,9-10,12-13H,1-2,5-8H2,(H2,28,33)(H,29,34)/t12-,13-,22?. The van der Waals surface area contributed by atoms with E-state index in [0.717, 1.165) is 35.1 Å². The fourth-order valence-corrected chi connectivity index (χ4v) is 6.67. The largest absolute Gasteiger partial charge is 0.473 e. The van der Waals surface area contributed by atoms with Crippen LogP contribution in [-0.4, -0.2) is 38.3 Å². The van der Waals surface area contributed by atoms with Gasteiger partial charge in [-0.15, -0.1) is 11.3 Å². The molecular formula is C23H21BrF3N5O3S. The number of carbonyl (C=O) groups excluding carboxylic acids is 2. The summed E-state index contributed by atoms with van der Waals surface area (Å²) in [5.41, 5.74) is 5.35. The van der Waals surface area contributed by atoms with Crippen molar-refractivity contribution in [2.45, 2.75) is 62.8 Å². The van der Waals surface area contributed by atoms with Crippen LogP contribution in [0, 0.1) is 5.41 Å². The average Bonchev–Trinajstić information content (AvgIpc) is 3.38. The van der Waals surface area contributed by atoms with Gasteiger partial charge in [0.05, 0.1) is 5.52 Å². The Morgan fingerprint density at radius 2 is 1.92 bits per heavy atom. The third kappa shape index (κ3) is 4.15. The highest BCUT2D eigenvalue weighted by Crippen LogP contribution is 2.57. The summed E-state index contributed by atoms with van der Waals surface area (Å²) in [5.74, 6) is -1.59. The van der Waals surface area contributed by atoms with Crippen molar-refractivity contribution in [3.63, 3.8) is 0 Å². The second-order valence-corrected chi connectivity index (χ2v) is 11.9. The molecule has 0 saturated heterocycles. The molecule has 3 N–H and O–H groups in total. The smallest absolute Gasteiger partial charge is 0.450 e. The highest BCUT2D eigenvalue weighted by Gasteiger charge is 2.54. The van der Waals surface area contributed by atoms with E-state index in [0.29, 0.717) is 34.0 Å². The Balaban J connectivity index is 1.07. The average molecular weight is 584 g/mol. The number of ether oxygens (including phenoxy) is 1. The molecule has 0 aliphatic heterocycles. The number of carbonyl (C=O) groups is 2. The molecule has 3 heterocycles. The molecule has 0 unspecified atom stereocenters. The summed E-state index contributed by atoms with van der Waals surface area (Å²) >= 11 is 4.47. The monoisotopic (exact) mass is 583 g/mol. The number of aromatic nitrogens is 3. The van der Waals surface area contributed by atoms with E-state index in [4.69, 9.17) is 10.5 Å². The van der Waals surface area contributed by atoms with E-state index in [1.54, 1.807) is 6.07 Å². The third-order valence-electron chi connectivity index (χ3n) is 7.13. The number of nitrogens with zero attached hydrogens (tertiary/aromatic N) is 3. The van der Waals surface area contributed by atoms with Gasteiger partial charge < -0.3 is 15.8 Å². The van der Waals surface area contributed by atoms with Crippen LogP contribution in [-0.2, 0) is 6.18 Å². The summed E-state index contributed by atoms with van der Waals surface area (Å²) in [7, 11) is 0. The van der Waals surface area contributed by atoms with Crippen LogP contribution in [0.3, 0.4) is 0 Å². The van der Waals surface area contributed by atoms with Crippen molar-refractivity contribution < 1.29 is 27.5 Å². The number of halogens is 4. The van der Waals surface area contributed by atoms with Crippen LogP contribution in [0.1, 0.15) is 75.4 Å². The van der Waals surface area contributed by atoms with Gasteiger partial charge in [-0.3, -0.25) is 14.0 Å². The predicted molar refractivity (Wildman–Crippen MR) is 127 cm³/mol. The molecule has 3 aromatic heterocycles. The number of nitrogens with one attached hydrogen (secondary N) is 1. The van der Waals surface area contributed by atoms with Crippen LogP contribution >= 0.6 is 27.3 Å². The first-order valence-electron chi connectivity index (χ1n) is 11.5. The molecule has 3 aliphatic carbocycles. The first-order chi connectivity index (χ1) is 17.0. The Morgan fingerprint density at radius 3 is 2.56 bits per heavy atom. The second-order valence-electron chi connectivity index (χ2n) is 9.94. The molecule has 0 atom stereocenters. The van der Waals surface area contributed by atoms with Gasteiger partial charge in [-0.05, 0) is 72.0 Å². The number of thiazole rings is 1. The number of hydrogen-bond donors (Lipinski definition) is 2. The zero-order chi connectivity index (χ0) is 25.4. The molecule has 3 fully saturated rings. The molecule has 2 amide bonds. The van der Waals surface area contributed by atoms with Crippen LogP contribution in [0.25, 0.3) is 5.52 Å². The highest BCUT2D eigenvalue weighted by molar-refractivity contribution is 9.10. The van der Waals surface area contributed by atoms with E-state index in [-0.39, 0.29) is 28.8 Å². The Labute approximate surface area is 215 Å². The summed E-state index contributed by atoms with van der Waals surface area (Å²) < 4.78 is 47.7. The van der Waals surface area contributed by atoms with E-state index >= 15 is 0 Å². The SMILES string of the molecule is NC(=O)c1sc(C2CC2)nc1O[C@H]1CC2(C[C@H](NC(=O)c3nc(C(F)(F)F)n4cc(Br)ccc34)C2)C1. The summed E-state index contributed by atoms with van der Waals surface area (Å²) in [6, 6.07) is 2.85. The molecule has 6 rings (SSSR count). The number of imidazole rings is 1. The zero-order valence-electron chi connectivity index (χ0n) is 18.8. The molecule has 8 nitrogen and oxygen atoms in total. The van der Waals surface area contributed by atoms with Crippen molar-refractivity contribution in [1.82, 2.24) is 19.7 Å². The molecule has 3 aromatic rings. The molecule has 13 heteroatoms. The Hall–Kier alpha value is -2.67. The van der Waals surface area contributed by atoms with Gasteiger partial charge in [0.25, 0.3) is 11.8 Å². The first-order valence-corrected chi connectivity index (χ1v) is 13.2. The summed E-state index contributed by atoms with van der Waals surface area (Å²) in [6.07, 6.45) is 1.51. The lowest BCUT2D eigenvalue weighted by atomic mass is 9.53. The van der Waals surface area contributed by atoms with Crippen molar-refractivity contribution in [1.29, 1.82) is 0 Å². The number of primary amides is 1. The van der Waals surface area contributed by atoms with Crippen molar-refractivity contribution in [3.05, 3.63) is 44.2 Å². The number of amides is 2. The molecule has 0 aromatic carbocycles. The maximum absolute atomic E-state index is 13.5. The topological polar surface area (TPSA) is 112 Å². The summed E-state index contributed by atoms with van der Waals surface area (Å²) in [6.45, 7) is 0. The van der Waals surface area contributed by atoms with E-state index in [1.807, 2.05) is 0 Å². The van der Waals surface area contributed by atoms with Gasteiger partial charge in [-0.1, -0.05) is 0 Å². The van der Waals surface area contributed by atoms with Gasteiger partial charge in [0.15, 0.2) is 10.6 Å². The maximum atomic E-state index is 13.5. The lowest BCUT2D eigenvalue weighted by Gasteiger charge is -2.57. The van der Waals surface area contributed by atoms with Gasteiger partial charge in [-0.25, -0.2) is 9.97 Å². The van der Waals surface area contributed by atoms with Gasteiger partial charge in [0.2, 0.25) is 11.7 Å². The minimum Gasteiger partial charge on any atom is -0.473 e. The summed E-state index contributed by atoms with van der Waals surface area (Å²) in [5, 5.41) is 3.73. The number of nitrogens with two attached hydrogens (primary N) is 1. The normalized spacial score (nSPS) is 25.4. The maximum Gasteiger partial charge on any atom is 0.450 e. The van der Waals surface area contributed by atoms with Gasteiger partial charge in [0.1, 0.15) is 11.1 Å². The van der Waals surface area contributed by atoms with Crippen LogP contribution in [0.4, 0.5) is 13.2 Å². The Kier molecular flexibility index (Phi) is 5.38. The molecule has 190 valence electrons. The van der Waals surface area contributed by atoms with Crippen molar-refractivity contribution in [2.75, 3.05) is 0 Å². The van der Waals surface area contributed by atoms with Gasteiger partial charge >= 0.3 is 6.18 Å². The molecule has 0 bridgehead atoms. The van der Waals surface area contributed by atoms with Crippen molar-refractivity contribution in [2.24, 2.45) is 11.1 Å². The van der Waals surface area contributed by atoms with Crippen molar-refractivity contribution >= 4 is 44.6 Å². The fourth-order valence-electron chi connectivity index (χ4n) is 5.31. The van der Waals surface area contributed by atoms with E-state index in [1.165, 1.54) is 23.6 Å². The molecule has 3 saturated carbocycles. The number of pyridine rings is 1. The number of alkyl halides is 3. The van der Waals surface area contributed by atoms with Crippen LogP contribution in [0.2, 0.25) is 0 Å². The van der Waals surface area contributed by atoms with Crippen LogP contribution < -0.4 is 15.8 Å². The van der Waals surface area contributed by atoms with E-state index in [9.17, 15) is 22.8 Å².